The van der Waals surface area contributed by atoms with Gasteiger partial charge in [0.1, 0.15) is 18.2 Å². The Morgan fingerprint density at radius 3 is 2.46 bits per heavy atom. The van der Waals surface area contributed by atoms with E-state index in [0.29, 0.717) is 12.0 Å². The fourth-order valence-corrected chi connectivity index (χ4v) is 3.70. The normalized spacial score (nSPS) is 17.6. The standard InChI is InChI=1S/C21H24N6O/c1-15-12-23-20(13-22-15)27-9-7-26(8-10-27)16-5-6-19-18(11-16)21(25-14-24-19)28-17-3-2-4-17/h5-6,11-14,17H,2-4,7-10H2,1H3. The number of aromatic nitrogens is 4. The SMILES string of the molecule is Cc1cnc(N2CCN(c3ccc4ncnc(OC5CCC5)c4c3)CC2)cn1. The molecular weight excluding hydrogens is 352 g/mol. The van der Waals surface area contributed by atoms with Gasteiger partial charge in [0.25, 0.3) is 0 Å². The molecule has 7 heteroatoms. The number of piperazine rings is 1. The molecule has 2 aliphatic rings. The first-order valence-electron chi connectivity index (χ1n) is 9.96. The predicted octanol–water partition coefficient (Wildman–Crippen LogP) is 2.99. The molecule has 0 radical (unpaired) electrons. The van der Waals surface area contributed by atoms with Crippen LogP contribution in [0.4, 0.5) is 11.5 Å². The lowest BCUT2D eigenvalue weighted by Crippen LogP contribution is -2.46. The highest BCUT2D eigenvalue weighted by molar-refractivity contribution is 5.86. The Hall–Kier alpha value is -2.96. The number of hydrogen-bond donors (Lipinski definition) is 0. The largest absolute Gasteiger partial charge is 0.474 e. The van der Waals surface area contributed by atoms with Crippen LogP contribution >= 0.6 is 0 Å². The van der Waals surface area contributed by atoms with Crippen LogP contribution < -0.4 is 14.5 Å². The van der Waals surface area contributed by atoms with Gasteiger partial charge < -0.3 is 14.5 Å². The first-order chi connectivity index (χ1) is 13.8. The summed E-state index contributed by atoms with van der Waals surface area (Å²) in [6, 6.07) is 6.38. The number of fused-ring (bicyclic) bond motifs is 1. The summed E-state index contributed by atoms with van der Waals surface area (Å²) in [7, 11) is 0. The number of benzene rings is 1. The summed E-state index contributed by atoms with van der Waals surface area (Å²) in [6.45, 7) is 5.68. The Kier molecular flexibility index (Phi) is 4.43. The highest BCUT2D eigenvalue weighted by Crippen LogP contribution is 2.31. The molecule has 28 heavy (non-hydrogen) atoms. The molecule has 5 rings (SSSR count). The van der Waals surface area contributed by atoms with E-state index in [9.17, 15) is 0 Å². The van der Waals surface area contributed by atoms with Crippen LogP contribution in [-0.4, -0.2) is 52.2 Å². The van der Waals surface area contributed by atoms with Crippen molar-refractivity contribution < 1.29 is 4.74 Å². The monoisotopic (exact) mass is 376 g/mol. The maximum atomic E-state index is 6.10. The quantitative estimate of drug-likeness (QED) is 0.693. The smallest absolute Gasteiger partial charge is 0.224 e. The van der Waals surface area contributed by atoms with E-state index in [4.69, 9.17) is 4.74 Å². The summed E-state index contributed by atoms with van der Waals surface area (Å²) >= 11 is 0. The van der Waals surface area contributed by atoms with E-state index in [0.717, 1.165) is 61.4 Å². The van der Waals surface area contributed by atoms with Crippen LogP contribution in [0, 0.1) is 6.92 Å². The molecule has 0 atom stereocenters. The van der Waals surface area contributed by atoms with Gasteiger partial charge >= 0.3 is 0 Å². The Bertz CT molecular complexity index is 964. The van der Waals surface area contributed by atoms with E-state index in [-0.39, 0.29) is 0 Å². The van der Waals surface area contributed by atoms with Crippen molar-refractivity contribution in [2.75, 3.05) is 36.0 Å². The van der Waals surface area contributed by atoms with Crippen molar-refractivity contribution in [2.45, 2.75) is 32.3 Å². The van der Waals surface area contributed by atoms with Gasteiger partial charge in [-0.1, -0.05) is 0 Å². The van der Waals surface area contributed by atoms with Crippen molar-refractivity contribution in [3.8, 4) is 5.88 Å². The first kappa shape index (κ1) is 17.2. The van der Waals surface area contributed by atoms with Crippen LogP contribution in [0.25, 0.3) is 10.9 Å². The molecule has 0 bridgehead atoms. The lowest BCUT2D eigenvalue weighted by atomic mass is 9.96. The van der Waals surface area contributed by atoms with Crippen molar-refractivity contribution in [1.29, 1.82) is 0 Å². The maximum absolute atomic E-state index is 6.10. The molecule has 1 saturated carbocycles. The summed E-state index contributed by atoms with van der Waals surface area (Å²) in [6.07, 6.45) is 9.08. The summed E-state index contributed by atoms with van der Waals surface area (Å²) in [5.41, 5.74) is 3.07. The van der Waals surface area contributed by atoms with Crippen LogP contribution in [0.3, 0.4) is 0 Å². The highest BCUT2D eigenvalue weighted by Gasteiger charge is 2.22. The topological polar surface area (TPSA) is 67.3 Å². The minimum atomic E-state index is 0.306. The van der Waals surface area contributed by atoms with Gasteiger partial charge in [-0.05, 0) is 44.4 Å². The number of hydrogen-bond acceptors (Lipinski definition) is 7. The zero-order chi connectivity index (χ0) is 18.9. The molecule has 0 N–H and O–H groups in total. The average molecular weight is 376 g/mol. The van der Waals surface area contributed by atoms with Crippen molar-refractivity contribution in [1.82, 2.24) is 19.9 Å². The molecule has 3 heterocycles. The Labute approximate surface area is 164 Å². The molecule has 144 valence electrons. The summed E-state index contributed by atoms with van der Waals surface area (Å²) in [5.74, 6) is 1.67. The van der Waals surface area contributed by atoms with Crippen LogP contribution in [-0.2, 0) is 0 Å². The zero-order valence-corrected chi connectivity index (χ0v) is 16.1. The second-order valence-electron chi connectivity index (χ2n) is 7.54. The minimum absolute atomic E-state index is 0.306. The Balaban J connectivity index is 1.33. The Morgan fingerprint density at radius 1 is 0.929 bits per heavy atom. The van der Waals surface area contributed by atoms with Gasteiger partial charge in [-0.15, -0.1) is 0 Å². The second-order valence-corrected chi connectivity index (χ2v) is 7.54. The van der Waals surface area contributed by atoms with Crippen molar-refractivity contribution in [2.24, 2.45) is 0 Å². The van der Waals surface area contributed by atoms with Gasteiger partial charge in [0.2, 0.25) is 5.88 Å². The number of anilines is 2. The fraction of sp³-hybridized carbons (Fsp3) is 0.429. The average Bonchev–Trinajstić information content (AvgIpc) is 2.71. The van der Waals surface area contributed by atoms with Gasteiger partial charge in [0.15, 0.2) is 0 Å². The molecule has 2 fully saturated rings. The molecule has 1 aliphatic heterocycles. The lowest BCUT2D eigenvalue weighted by Gasteiger charge is -2.36. The van der Waals surface area contributed by atoms with E-state index < -0.39 is 0 Å². The van der Waals surface area contributed by atoms with Gasteiger partial charge in [0, 0.05) is 31.9 Å². The van der Waals surface area contributed by atoms with E-state index in [1.807, 2.05) is 19.3 Å². The lowest BCUT2D eigenvalue weighted by molar-refractivity contribution is 0.116. The highest BCUT2D eigenvalue weighted by atomic mass is 16.5. The third-order valence-corrected chi connectivity index (χ3v) is 5.65. The number of aryl methyl sites for hydroxylation is 1. The number of ether oxygens (including phenoxy) is 1. The van der Waals surface area contributed by atoms with Crippen molar-refractivity contribution >= 4 is 22.4 Å². The predicted molar refractivity (Wildman–Crippen MR) is 109 cm³/mol. The molecule has 1 aliphatic carbocycles. The van der Waals surface area contributed by atoms with E-state index in [2.05, 4.69) is 47.9 Å². The summed E-state index contributed by atoms with van der Waals surface area (Å²) < 4.78 is 6.10. The molecule has 0 unspecified atom stereocenters. The summed E-state index contributed by atoms with van der Waals surface area (Å²) in [5, 5.41) is 0.999. The van der Waals surface area contributed by atoms with Crippen molar-refractivity contribution in [3.05, 3.63) is 42.6 Å². The van der Waals surface area contributed by atoms with E-state index in [1.165, 1.54) is 12.1 Å². The fourth-order valence-electron chi connectivity index (χ4n) is 3.70. The first-order valence-corrected chi connectivity index (χ1v) is 9.96. The van der Waals surface area contributed by atoms with E-state index >= 15 is 0 Å². The van der Waals surface area contributed by atoms with Gasteiger partial charge in [0.05, 0.1) is 29.0 Å². The van der Waals surface area contributed by atoms with Crippen LogP contribution in [0.15, 0.2) is 36.9 Å². The van der Waals surface area contributed by atoms with Gasteiger partial charge in [-0.3, -0.25) is 4.98 Å². The van der Waals surface area contributed by atoms with Crippen molar-refractivity contribution in [3.63, 3.8) is 0 Å². The number of nitrogens with zero attached hydrogens (tertiary/aromatic N) is 6. The molecule has 2 aromatic heterocycles. The third kappa shape index (κ3) is 3.32. The van der Waals surface area contributed by atoms with E-state index in [1.54, 1.807) is 6.33 Å². The molecule has 3 aromatic rings. The number of rotatable bonds is 4. The molecular formula is C21H24N6O. The second kappa shape index (κ2) is 7.22. The minimum Gasteiger partial charge on any atom is -0.474 e. The molecule has 7 nitrogen and oxygen atoms in total. The van der Waals surface area contributed by atoms with Crippen LogP contribution in [0.2, 0.25) is 0 Å². The molecule has 0 amide bonds. The zero-order valence-electron chi connectivity index (χ0n) is 16.1. The molecule has 1 saturated heterocycles. The maximum Gasteiger partial charge on any atom is 0.224 e. The third-order valence-electron chi connectivity index (χ3n) is 5.65. The molecule has 1 aromatic carbocycles. The van der Waals surface area contributed by atoms with Crippen LogP contribution in [0.1, 0.15) is 25.0 Å². The van der Waals surface area contributed by atoms with Crippen LogP contribution in [0.5, 0.6) is 5.88 Å². The van der Waals surface area contributed by atoms with Gasteiger partial charge in [-0.25, -0.2) is 15.0 Å². The Morgan fingerprint density at radius 2 is 1.75 bits per heavy atom. The van der Waals surface area contributed by atoms with Gasteiger partial charge in [-0.2, -0.15) is 0 Å². The summed E-state index contributed by atoms with van der Waals surface area (Å²) in [4.78, 5) is 22.4. The molecule has 0 spiro atoms.